The van der Waals surface area contributed by atoms with Gasteiger partial charge in [-0.3, -0.25) is 14.4 Å². The van der Waals surface area contributed by atoms with E-state index in [1.165, 1.54) is 0 Å². The van der Waals surface area contributed by atoms with E-state index in [0.717, 1.165) is 0 Å². The molecular weight excluding hydrogens is 200 g/mol. The van der Waals surface area contributed by atoms with Gasteiger partial charge < -0.3 is 10.2 Å². The van der Waals surface area contributed by atoms with E-state index >= 15 is 0 Å². The van der Waals surface area contributed by atoms with Crippen LogP contribution in [0.4, 0.5) is 0 Å². The summed E-state index contributed by atoms with van der Waals surface area (Å²) in [6.07, 6.45) is -0.217. The van der Waals surface area contributed by atoms with E-state index in [2.05, 4.69) is 0 Å². The van der Waals surface area contributed by atoms with Crippen molar-refractivity contribution in [2.45, 2.75) is 26.2 Å². The van der Waals surface area contributed by atoms with Crippen molar-refractivity contribution in [1.82, 2.24) is 0 Å². The van der Waals surface area contributed by atoms with Crippen molar-refractivity contribution < 1.29 is 24.6 Å². The van der Waals surface area contributed by atoms with Gasteiger partial charge in [-0.25, -0.2) is 0 Å². The van der Waals surface area contributed by atoms with E-state index in [0.29, 0.717) is 0 Å². The van der Waals surface area contributed by atoms with Gasteiger partial charge in [0.2, 0.25) is 0 Å². The number of ketones is 2. The molecule has 1 aliphatic rings. The average Bonchev–Trinajstić information content (AvgIpc) is 2.16. The molecule has 1 unspecified atom stereocenters. The highest BCUT2D eigenvalue weighted by atomic mass is 16.4. The van der Waals surface area contributed by atoms with Gasteiger partial charge in [-0.05, 0) is 0 Å². The van der Waals surface area contributed by atoms with Crippen molar-refractivity contribution in [2.24, 2.45) is 5.92 Å². The molecule has 1 rings (SSSR count). The second-order valence-electron chi connectivity index (χ2n) is 3.47. The molecule has 5 heteroatoms. The van der Waals surface area contributed by atoms with E-state index in [4.69, 9.17) is 5.11 Å². The van der Waals surface area contributed by atoms with Crippen LogP contribution in [-0.4, -0.2) is 27.7 Å². The van der Waals surface area contributed by atoms with Gasteiger partial charge in [0.1, 0.15) is 5.76 Å². The Morgan fingerprint density at radius 1 is 1.40 bits per heavy atom. The quantitative estimate of drug-likeness (QED) is 0.676. The number of carbonyl (C=O) groups excluding carboxylic acids is 2. The highest BCUT2D eigenvalue weighted by molar-refractivity contribution is 6.21. The summed E-state index contributed by atoms with van der Waals surface area (Å²) in [7, 11) is 0. The number of hydrogen-bond acceptors (Lipinski definition) is 4. The maximum atomic E-state index is 11.4. The van der Waals surface area contributed by atoms with Crippen LogP contribution in [0.15, 0.2) is 11.3 Å². The van der Waals surface area contributed by atoms with E-state index in [1.54, 1.807) is 6.92 Å². The molecule has 0 spiro atoms. The van der Waals surface area contributed by atoms with E-state index in [9.17, 15) is 19.5 Å². The molecule has 82 valence electrons. The minimum absolute atomic E-state index is 0.128. The number of aliphatic carboxylic acids is 1. The number of carbonyl (C=O) groups is 3. The molecule has 15 heavy (non-hydrogen) atoms. The van der Waals surface area contributed by atoms with Gasteiger partial charge in [-0.2, -0.15) is 0 Å². The predicted molar refractivity (Wildman–Crippen MR) is 50.3 cm³/mol. The molecule has 5 nitrogen and oxygen atoms in total. The third kappa shape index (κ3) is 2.23. The summed E-state index contributed by atoms with van der Waals surface area (Å²) in [6.45, 7) is 1.58. The van der Waals surface area contributed by atoms with Crippen LogP contribution >= 0.6 is 0 Å². The molecule has 0 aliphatic heterocycles. The molecule has 0 fully saturated rings. The zero-order chi connectivity index (χ0) is 11.6. The Balaban J connectivity index is 2.99. The molecule has 0 bridgehead atoms. The van der Waals surface area contributed by atoms with Gasteiger partial charge in [0.05, 0.1) is 11.5 Å². The Labute approximate surface area is 86.4 Å². The first kappa shape index (κ1) is 11.4. The number of rotatable bonds is 3. The van der Waals surface area contributed by atoms with Gasteiger partial charge in [-0.15, -0.1) is 0 Å². The van der Waals surface area contributed by atoms with Crippen LogP contribution in [-0.2, 0) is 14.4 Å². The molecule has 0 aromatic heterocycles. The number of hydrogen-bond donors (Lipinski definition) is 2. The number of carboxylic acids is 1. The normalized spacial score (nSPS) is 21.7. The summed E-state index contributed by atoms with van der Waals surface area (Å²) in [5.74, 6) is -3.42. The van der Waals surface area contributed by atoms with Crippen LogP contribution in [0.1, 0.15) is 26.2 Å². The number of Topliss-reactive ketones (excluding diaryl/α,β-unsaturated/α-hetero) is 2. The Bertz CT molecular complexity index is 353. The smallest absolute Gasteiger partial charge is 0.307 e. The van der Waals surface area contributed by atoms with Crippen LogP contribution in [0.2, 0.25) is 0 Å². The maximum absolute atomic E-state index is 11.4. The Morgan fingerprint density at radius 2 is 2.00 bits per heavy atom. The molecule has 0 saturated heterocycles. The Kier molecular flexibility index (Phi) is 3.24. The standard InChI is InChI=1S/C10H12O5/c1-2-6(11)9-7(12)3-5(10(14)15)4-8(9)13/h5,12H,2-4H2,1H3,(H,14,15). The second kappa shape index (κ2) is 4.25. The summed E-state index contributed by atoms with van der Waals surface area (Å²) in [5, 5.41) is 18.1. The summed E-state index contributed by atoms with van der Waals surface area (Å²) in [5.41, 5.74) is -0.213. The molecule has 0 radical (unpaired) electrons. The fraction of sp³-hybridized carbons (Fsp3) is 0.500. The lowest BCUT2D eigenvalue weighted by atomic mass is 9.85. The molecule has 0 aromatic rings. The van der Waals surface area contributed by atoms with Crippen molar-refractivity contribution in [2.75, 3.05) is 0 Å². The summed E-state index contributed by atoms with van der Waals surface area (Å²) in [6, 6.07) is 0. The fourth-order valence-corrected chi connectivity index (χ4v) is 1.56. The minimum atomic E-state index is -1.13. The van der Waals surface area contributed by atoms with E-state index < -0.39 is 23.5 Å². The maximum Gasteiger partial charge on any atom is 0.307 e. The average molecular weight is 212 g/mol. The van der Waals surface area contributed by atoms with E-state index in [1.807, 2.05) is 0 Å². The van der Waals surface area contributed by atoms with Gasteiger partial charge in [-0.1, -0.05) is 6.92 Å². The van der Waals surface area contributed by atoms with Crippen LogP contribution in [0, 0.1) is 5.92 Å². The molecule has 0 amide bonds. The molecule has 0 heterocycles. The van der Waals surface area contributed by atoms with Crippen LogP contribution in [0.3, 0.4) is 0 Å². The van der Waals surface area contributed by atoms with Gasteiger partial charge in [0.15, 0.2) is 11.6 Å². The first-order chi connectivity index (χ1) is 6.97. The second-order valence-corrected chi connectivity index (χ2v) is 3.47. The molecule has 0 aromatic carbocycles. The topological polar surface area (TPSA) is 91.7 Å². The van der Waals surface area contributed by atoms with Gasteiger partial charge in [0, 0.05) is 19.3 Å². The van der Waals surface area contributed by atoms with Crippen molar-refractivity contribution >= 4 is 17.5 Å². The van der Waals surface area contributed by atoms with Crippen molar-refractivity contribution in [1.29, 1.82) is 0 Å². The van der Waals surface area contributed by atoms with Gasteiger partial charge in [0.25, 0.3) is 0 Å². The lowest BCUT2D eigenvalue weighted by molar-refractivity contribution is -0.144. The zero-order valence-corrected chi connectivity index (χ0v) is 8.32. The summed E-state index contributed by atoms with van der Waals surface area (Å²) in [4.78, 5) is 33.3. The van der Waals surface area contributed by atoms with Crippen molar-refractivity contribution in [3.63, 3.8) is 0 Å². The van der Waals surface area contributed by atoms with Crippen LogP contribution in [0.25, 0.3) is 0 Å². The molecule has 1 atom stereocenters. The lowest BCUT2D eigenvalue weighted by Gasteiger charge is -2.19. The third-order valence-electron chi connectivity index (χ3n) is 2.39. The fourth-order valence-electron chi connectivity index (χ4n) is 1.56. The highest BCUT2D eigenvalue weighted by Gasteiger charge is 2.34. The summed E-state index contributed by atoms with van der Waals surface area (Å²) >= 11 is 0. The monoisotopic (exact) mass is 212 g/mol. The molecule has 1 aliphatic carbocycles. The number of allylic oxidation sites excluding steroid dienone is 2. The Morgan fingerprint density at radius 3 is 2.40 bits per heavy atom. The van der Waals surface area contributed by atoms with Gasteiger partial charge >= 0.3 is 5.97 Å². The predicted octanol–water partition coefficient (Wildman–Crippen LogP) is 0.841. The van der Waals surface area contributed by atoms with E-state index in [-0.39, 0.29) is 30.6 Å². The van der Waals surface area contributed by atoms with Crippen LogP contribution in [0.5, 0.6) is 0 Å². The Hall–Kier alpha value is -1.65. The highest BCUT2D eigenvalue weighted by Crippen LogP contribution is 2.26. The largest absolute Gasteiger partial charge is 0.511 e. The minimum Gasteiger partial charge on any atom is -0.511 e. The lowest BCUT2D eigenvalue weighted by Crippen LogP contribution is -2.28. The first-order valence-electron chi connectivity index (χ1n) is 4.68. The van der Waals surface area contributed by atoms with Crippen LogP contribution < -0.4 is 0 Å². The number of aliphatic hydroxyl groups is 1. The molecule has 2 N–H and O–H groups in total. The van der Waals surface area contributed by atoms with Crippen molar-refractivity contribution in [3.8, 4) is 0 Å². The number of aliphatic hydroxyl groups excluding tert-OH is 1. The zero-order valence-electron chi connectivity index (χ0n) is 8.32. The third-order valence-corrected chi connectivity index (χ3v) is 2.39. The molecule has 0 saturated carbocycles. The number of carboxylic acid groups (broad SMARTS) is 1. The van der Waals surface area contributed by atoms with Crippen molar-refractivity contribution in [3.05, 3.63) is 11.3 Å². The SMILES string of the molecule is CCC(=O)C1=C(O)CC(C(=O)O)CC1=O. The first-order valence-corrected chi connectivity index (χ1v) is 4.68. The summed E-state index contributed by atoms with van der Waals surface area (Å²) < 4.78 is 0. The molecular formula is C10H12O5.